The number of nitrogens with zero attached hydrogens (tertiary/aromatic N) is 1. The molecule has 1 aromatic rings. The molecule has 10 heteroatoms. The lowest BCUT2D eigenvalue weighted by Gasteiger charge is -2.23. The van der Waals surface area contributed by atoms with Gasteiger partial charge in [-0.3, -0.25) is 14.5 Å². The van der Waals surface area contributed by atoms with Gasteiger partial charge in [-0.05, 0) is 30.7 Å². The molecule has 3 rings (SSSR count). The molecule has 0 saturated carbocycles. The Morgan fingerprint density at radius 1 is 1.44 bits per heavy atom. The molecule has 0 radical (unpaired) electrons. The Balaban J connectivity index is 1.74. The summed E-state index contributed by atoms with van der Waals surface area (Å²) in [6.45, 7) is 1.55. The second-order valence-electron chi connectivity index (χ2n) is 6.02. The number of carbonyl (C=O) groups excluding carboxylic acids is 2. The summed E-state index contributed by atoms with van der Waals surface area (Å²) in [7, 11) is -3.28. The maximum Gasteiger partial charge on any atom is 0.266 e. The molecule has 1 N–H and O–H groups in total. The van der Waals surface area contributed by atoms with Crippen LogP contribution in [0.5, 0.6) is 0 Å². The molecule has 0 aromatic heterocycles. The van der Waals surface area contributed by atoms with Crippen molar-refractivity contribution in [1.82, 2.24) is 10.2 Å². The van der Waals surface area contributed by atoms with Crippen molar-refractivity contribution in [2.45, 2.75) is 19.0 Å². The molecule has 1 aromatic carbocycles. The number of thioether (sulfide) groups is 1. The normalized spacial score (nSPS) is 23.9. The van der Waals surface area contributed by atoms with Gasteiger partial charge < -0.3 is 5.32 Å². The maximum absolute atomic E-state index is 12.7. The summed E-state index contributed by atoms with van der Waals surface area (Å²) in [5, 5.41) is 4.20. The fourth-order valence-corrected chi connectivity index (χ4v) is 5.47. The van der Waals surface area contributed by atoms with Gasteiger partial charge in [-0.1, -0.05) is 53.8 Å². The first-order valence-electron chi connectivity index (χ1n) is 7.91. The van der Waals surface area contributed by atoms with Gasteiger partial charge in [-0.25, -0.2) is 8.42 Å². The Kier molecular flexibility index (Phi) is 5.76. The molecule has 0 spiro atoms. The van der Waals surface area contributed by atoms with Gasteiger partial charge in [-0.15, -0.1) is 0 Å². The molecule has 1 saturated heterocycles. The highest BCUT2D eigenvalue weighted by molar-refractivity contribution is 8.26. The molecule has 2 aliphatic rings. The van der Waals surface area contributed by atoms with E-state index in [9.17, 15) is 18.0 Å². The number of hydrogen-bond acceptors (Lipinski definition) is 6. The van der Waals surface area contributed by atoms with E-state index in [2.05, 4.69) is 5.32 Å². The highest BCUT2D eigenvalue weighted by Crippen LogP contribution is 2.35. The first kappa shape index (κ1) is 20.1. The lowest BCUT2D eigenvalue weighted by Crippen LogP contribution is -2.49. The number of thiocarbonyl (C=S) groups is 1. The maximum atomic E-state index is 12.7. The second-order valence-corrected chi connectivity index (χ2v) is 10.0. The summed E-state index contributed by atoms with van der Waals surface area (Å²) in [5.41, 5.74) is 0.679. The molecule has 2 aliphatic heterocycles. The Morgan fingerprint density at radius 2 is 2.15 bits per heavy atom. The summed E-state index contributed by atoms with van der Waals surface area (Å²) in [4.78, 5) is 26.8. The van der Waals surface area contributed by atoms with E-state index in [0.717, 1.165) is 17.2 Å². The standard InChI is InChI=1S/C17H15ClN2O4S3/c1-10(15(21)19-12-6-7-27(23,24)9-12)20-16(22)14(26-17(20)25)8-11-4-2-3-5-13(11)18/h2-8,10,12H,9H2,1H3,(H,19,21)/b14-8-/t10-,12-/m1/s1. The van der Waals surface area contributed by atoms with E-state index in [1.54, 1.807) is 37.3 Å². The van der Waals surface area contributed by atoms with Crippen LogP contribution in [-0.4, -0.2) is 47.3 Å². The fraction of sp³-hybridized carbons (Fsp3) is 0.235. The number of sulfone groups is 1. The van der Waals surface area contributed by atoms with Crippen molar-refractivity contribution in [1.29, 1.82) is 0 Å². The number of benzene rings is 1. The van der Waals surface area contributed by atoms with Gasteiger partial charge >= 0.3 is 0 Å². The van der Waals surface area contributed by atoms with Crippen molar-refractivity contribution in [2.24, 2.45) is 0 Å². The van der Waals surface area contributed by atoms with Crippen LogP contribution in [0.4, 0.5) is 0 Å². The first-order chi connectivity index (χ1) is 12.7. The van der Waals surface area contributed by atoms with Crippen LogP contribution in [0.15, 0.2) is 40.7 Å². The van der Waals surface area contributed by atoms with Gasteiger partial charge in [0.05, 0.1) is 16.7 Å². The van der Waals surface area contributed by atoms with E-state index >= 15 is 0 Å². The van der Waals surface area contributed by atoms with Gasteiger partial charge in [0, 0.05) is 10.4 Å². The summed E-state index contributed by atoms with van der Waals surface area (Å²) >= 11 is 12.5. The topological polar surface area (TPSA) is 83.6 Å². The lowest BCUT2D eigenvalue weighted by molar-refractivity contribution is -0.132. The smallest absolute Gasteiger partial charge is 0.266 e. The third-order valence-electron chi connectivity index (χ3n) is 4.04. The van der Waals surface area contributed by atoms with Gasteiger partial charge in [-0.2, -0.15) is 0 Å². The first-order valence-corrected chi connectivity index (χ1v) is 11.2. The van der Waals surface area contributed by atoms with Crippen LogP contribution >= 0.6 is 35.6 Å². The molecule has 1 fully saturated rings. The molecule has 2 heterocycles. The van der Waals surface area contributed by atoms with Crippen LogP contribution in [0, 0.1) is 0 Å². The summed E-state index contributed by atoms with van der Waals surface area (Å²) in [5.74, 6) is -1.05. The van der Waals surface area contributed by atoms with Crippen LogP contribution in [-0.2, 0) is 19.4 Å². The Hall–Kier alpha value is -1.68. The minimum atomic E-state index is -3.28. The van der Waals surface area contributed by atoms with Crippen LogP contribution in [0.3, 0.4) is 0 Å². The average Bonchev–Trinajstić information content (AvgIpc) is 3.07. The minimum Gasteiger partial charge on any atom is -0.347 e. The van der Waals surface area contributed by atoms with Gasteiger partial charge in [0.25, 0.3) is 5.91 Å². The van der Waals surface area contributed by atoms with Crippen LogP contribution in [0.1, 0.15) is 12.5 Å². The Morgan fingerprint density at radius 3 is 2.78 bits per heavy atom. The second kappa shape index (κ2) is 7.75. The molecule has 2 amide bonds. The predicted molar refractivity (Wildman–Crippen MR) is 111 cm³/mol. The van der Waals surface area contributed by atoms with Crippen molar-refractivity contribution >= 4 is 67.6 Å². The molecular formula is C17H15ClN2O4S3. The summed E-state index contributed by atoms with van der Waals surface area (Å²) in [6.07, 6.45) is 3.06. The zero-order valence-corrected chi connectivity index (χ0v) is 17.3. The number of amides is 2. The van der Waals surface area contributed by atoms with Crippen molar-refractivity contribution in [2.75, 3.05) is 5.75 Å². The fourth-order valence-electron chi connectivity index (χ4n) is 2.63. The highest BCUT2D eigenvalue weighted by Gasteiger charge is 2.39. The number of rotatable bonds is 4. The minimum absolute atomic E-state index is 0.184. The molecule has 142 valence electrons. The monoisotopic (exact) mass is 442 g/mol. The molecule has 6 nitrogen and oxygen atoms in total. The molecular weight excluding hydrogens is 428 g/mol. The van der Waals surface area contributed by atoms with Crippen LogP contribution in [0.25, 0.3) is 6.08 Å². The van der Waals surface area contributed by atoms with Crippen molar-refractivity contribution in [3.05, 3.63) is 51.2 Å². The van der Waals surface area contributed by atoms with Crippen LogP contribution in [0.2, 0.25) is 5.02 Å². The van der Waals surface area contributed by atoms with E-state index < -0.39 is 27.8 Å². The lowest BCUT2D eigenvalue weighted by atomic mass is 10.2. The molecule has 0 bridgehead atoms. The molecule has 27 heavy (non-hydrogen) atoms. The number of hydrogen-bond donors (Lipinski definition) is 1. The number of nitrogens with one attached hydrogen (secondary N) is 1. The zero-order valence-electron chi connectivity index (χ0n) is 14.1. The van der Waals surface area contributed by atoms with E-state index in [1.165, 1.54) is 11.0 Å². The summed E-state index contributed by atoms with van der Waals surface area (Å²) < 4.78 is 23.2. The quantitative estimate of drug-likeness (QED) is 0.569. The van der Waals surface area contributed by atoms with Gasteiger partial charge in [0.15, 0.2) is 9.84 Å². The summed E-state index contributed by atoms with van der Waals surface area (Å²) in [6, 6.07) is 5.60. The van der Waals surface area contributed by atoms with Crippen molar-refractivity contribution in [3.8, 4) is 0 Å². The van der Waals surface area contributed by atoms with E-state index in [0.29, 0.717) is 15.5 Å². The van der Waals surface area contributed by atoms with E-state index in [1.807, 2.05) is 0 Å². The SMILES string of the molecule is C[C@H](C(=O)N[C@@H]1C=CS(=O)(=O)C1)N1C(=O)/C(=C/c2ccccc2Cl)SC1=S. The van der Waals surface area contributed by atoms with Crippen molar-refractivity contribution in [3.63, 3.8) is 0 Å². The van der Waals surface area contributed by atoms with Crippen LogP contribution < -0.4 is 5.32 Å². The van der Waals surface area contributed by atoms with Gasteiger partial charge in [0.1, 0.15) is 10.4 Å². The zero-order chi connectivity index (χ0) is 19.8. The molecule has 0 unspecified atom stereocenters. The predicted octanol–water partition coefficient (Wildman–Crippen LogP) is 2.36. The van der Waals surface area contributed by atoms with Crippen molar-refractivity contribution < 1.29 is 18.0 Å². The van der Waals surface area contributed by atoms with Gasteiger partial charge in [0.2, 0.25) is 5.91 Å². The molecule has 2 atom stereocenters. The Bertz CT molecular complexity index is 988. The highest BCUT2D eigenvalue weighted by atomic mass is 35.5. The molecule has 0 aliphatic carbocycles. The average molecular weight is 443 g/mol. The largest absolute Gasteiger partial charge is 0.347 e. The third kappa shape index (κ3) is 4.43. The Labute approximate surface area is 171 Å². The van der Waals surface area contributed by atoms with E-state index in [4.69, 9.17) is 23.8 Å². The number of halogens is 1. The van der Waals surface area contributed by atoms with E-state index in [-0.39, 0.29) is 16.0 Å². The number of carbonyl (C=O) groups is 2. The third-order valence-corrected chi connectivity index (χ3v) is 7.11.